The number of pyridine rings is 1. The van der Waals surface area contributed by atoms with E-state index in [-0.39, 0.29) is 59.1 Å². The van der Waals surface area contributed by atoms with Crippen molar-refractivity contribution in [3.8, 4) is 50.7 Å². The van der Waals surface area contributed by atoms with Gasteiger partial charge in [-0.1, -0.05) is 207 Å². The van der Waals surface area contributed by atoms with E-state index >= 15 is 0 Å². The van der Waals surface area contributed by atoms with E-state index in [1.165, 1.54) is 33.4 Å². The summed E-state index contributed by atoms with van der Waals surface area (Å²) in [5.74, 6) is 1.50. The van der Waals surface area contributed by atoms with E-state index in [0.717, 1.165) is 85.2 Å². The summed E-state index contributed by atoms with van der Waals surface area (Å²) < 4.78 is 36.3. The number of para-hydroxylation sites is 2. The fourth-order valence-electron chi connectivity index (χ4n) is 12.7. The molecule has 438 valence electrons. The zero-order chi connectivity index (χ0) is 62.1. The van der Waals surface area contributed by atoms with E-state index in [1.54, 1.807) is 12.3 Å². The number of hydrogen-bond acceptors (Lipinski definition) is 4. The summed E-state index contributed by atoms with van der Waals surface area (Å²) in [6, 6.07) is 63.7. The molecular formula is C79H83N4OPt-3. The van der Waals surface area contributed by atoms with Gasteiger partial charge in [0.1, 0.15) is 5.82 Å². The average molecular weight is 1300 g/mol. The minimum atomic E-state index is -2.44. The maximum absolute atomic E-state index is 9.10. The molecular weight excluding hydrogens is 1220 g/mol. The minimum absolute atomic E-state index is 0. The Morgan fingerprint density at radius 2 is 1.11 bits per heavy atom. The van der Waals surface area contributed by atoms with Crippen molar-refractivity contribution in [2.75, 3.05) is 9.80 Å². The van der Waals surface area contributed by atoms with Crippen molar-refractivity contribution in [3.63, 3.8) is 0 Å². The molecule has 12 rings (SSSR count). The third-order valence-corrected chi connectivity index (χ3v) is 17.9. The molecule has 2 aliphatic rings. The Morgan fingerprint density at radius 1 is 0.518 bits per heavy atom. The molecule has 0 saturated carbocycles. The third-order valence-electron chi connectivity index (χ3n) is 17.9. The van der Waals surface area contributed by atoms with Crippen LogP contribution >= 0.6 is 0 Å². The second-order valence-corrected chi connectivity index (χ2v) is 29.2. The van der Waals surface area contributed by atoms with E-state index < -0.39 is 6.85 Å². The zero-order valence-electron chi connectivity index (χ0n) is 55.6. The van der Waals surface area contributed by atoms with Crippen LogP contribution in [0.2, 0.25) is 0 Å². The minimum Gasteiger partial charge on any atom is -0.509 e. The van der Waals surface area contributed by atoms with E-state index in [9.17, 15) is 0 Å². The van der Waals surface area contributed by atoms with Crippen LogP contribution in [-0.4, -0.2) is 9.55 Å². The van der Waals surface area contributed by atoms with Gasteiger partial charge in [0.15, 0.2) is 0 Å². The van der Waals surface area contributed by atoms with Crippen molar-refractivity contribution in [2.45, 2.75) is 163 Å². The van der Waals surface area contributed by atoms with Gasteiger partial charge < -0.3 is 19.1 Å². The second-order valence-electron chi connectivity index (χ2n) is 29.2. The number of nitrogens with zero attached hydrogens (tertiary/aromatic N) is 4. The maximum atomic E-state index is 9.10. The molecule has 0 unspecified atom stereocenters. The molecule has 3 heterocycles. The Kier molecular flexibility index (Phi) is 14.0. The first-order valence-electron chi connectivity index (χ1n) is 31.6. The van der Waals surface area contributed by atoms with Gasteiger partial charge in [-0.25, -0.2) is 4.98 Å². The first-order valence-corrected chi connectivity index (χ1v) is 30.1. The van der Waals surface area contributed by atoms with Crippen LogP contribution in [0.15, 0.2) is 164 Å². The van der Waals surface area contributed by atoms with Crippen molar-refractivity contribution >= 4 is 44.6 Å². The Hall–Kier alpha value is -7.20. The summed E-state index contributed by atoms with van der Waals surface area (Å²) in [5.41, 5.74) is 18.8. The molecule has 0 fully saturated rings. The summed E-state index contributed by atoms with van der Waals surface area (Å²) in [6.07, 6.45) is 3.85. The summed E-state index contributed by atoms with van der Waals surface area (Å²) in [7, 11) is 0. The van der Waals surface area contributed by atoms with Crippen LogP contribution in [0.5, 0.6) is 11.5 Å². The molecule has 5 nitrogen and oxygen atoms in total. The molecule has 0 saturated heterocycles. The van der Waals surface area contributed by atoms with Gasteiger partial charge in [-0.15, -0.1) is 48.1 Å². The molecule has 0 atom stereocenters. The molecule has 0 bridgehead atoms. The van der Waals surface area contributed by atoms with Gasteiger partial charge in [-0.05, 0) is 150 Å². The van der Waals surface area contributed by atoms with Crippen molar-refractivity contribution in [3.05, 3.63) is 222 Å². The van der Waals surface area contributed by atoms with Crippen LogP contribution in [0.25, 0.3) is 61.0 Å². The summed E-state index contributed by atoms with van der Waals surface area (Å²) in [4.78, 5) is 9.82. The molecule has 0 N–H and O–H groups in total. The van der Waals surface area contributed by atoms with Crippen LogP contribution < -0.4 is 14.5 Å². The standard InChI is InChI=1S/C79H83N4O.Pt/c1-50-39-71(80-48-65(50)62-29-24-30-66-72(62)79(16,17)38-37-78(66,14)15)83-69-45-53(74(2,3)4)33-35-60(69)61-36-34-59(47-70(61)83)84-58-28-23-27-57(46-58)81-49-82(68-32-22-21-31-67(68)81)73-63(51-25-19-18-20-26-51)43-56(77(11,12)13)44-64(73)52-40-54(75(5,6)7)42-55(41-52)76(8,9)10;/h18-36,39-45,48-49H,37-38H2,1-17H3;/q-3;/i1D3;. The number of aromatic nitrogens is 2. The van der Waals surface area contributed by atoms with Crippen LogP contribution in [0.3, 0.4) is 0 Å². The molecule has 85 heavy (non-hydrogen) atoms. The van der Waals surface area contributed by atoms with Gasteiger partial charge in [0.05, 0.1) is 0 Å². The van der Waals surface area contributed by atoms with Crippen molar-refractivity contribution in [1.29, 1.82) is 0 Å². The molecule has 1 aliphatic carbocycles. The van der Waals surface area contributed by atoms with Crippen molar-refractivity contribution in [2.24, 2.45) is 0 Å². The van der Waals surface area contributed by atoms with Gasteiger partial charge >= 0.3 is 0 Å². The second kappa shape index (κ2) is 21.3. The first kappa shape index (κ1) is 55.7. The number of anilines is 4. The average Bonchev–Trinajstić information content (AvgIpc) is 2.23. The van der Waals surface area contributed by atoms with E-state index in [2.05, 4.69) is 277 Å². The number of rotatable bonds is 8. The number of fused-ring (bicyclic) bond motifs is 5. The smallest absolute Gasteiger partial charge is 0.135 e. The SMILES string of the molecule is [2H]C([2H])([2H])c1cc(-n2c3[c-]c(Oc4[c-]c(N5[CH-]N(c6c(-c7ccccc7)cc(C(C)(C)C)cc6-c6cc(C(C)(C)C)cc(C(C)(C)C)c6)c6ccccc65)ccc4)ccc3c3ccc(C(C)(C)C)cc32)ncc1-c1cccc2c1C(C)(C)CCC2(C)C.[Pt]. The molecule has 0 spiro atoms. The molecule has 1 aliphatic heterocycles. The van der Waals surface area contributed by atoms with Crippen LogP contribution in [0.4, 0.5) is 22.7 Å². The Morgan fingerprint density at radius 3 is 1.76 bits per heavy atom. The summed E-state index contributed by atoms with van der Waals surface area (Å²) in [5, 5.41) is 1.96. The fraction of sp³-hybridized carbons (Fsp3) is 0.316. The molecule has 6 heteroatoms. The molecule has 10 aromatic rings. The molecule has 2 aromatic heterocycles. The summed E-state index contributed by atoms with van der Waals surface area (Å²) >= 11 is 0. The Balaban J connectivity index is 0.00000800. The topological polar surface area (TPSA) is 33.5 Å². The quantitative estimate of drug-likeness (QED) is 0.142. The van der Waals surface area contributed by atoms with Gasteiger partial charge in [-0.3, -0.25) is 0 Å². The zero-order valence-corrected chi connectivity index (χ0v) is 54.9. The van der Waals surface area contributed by atoms with Gasteiger partial charge in [0.2, 0.25) is 0 Å². The van der Waals surface area contributed by atoms with Gasteiger partial charge in [-0.2, -0.15) is 12.1 Å². The molecule has 0 amide bonds. The number of benzene rings is 8. The number of aryl methyl sites for hydroxylation is 1. The van der Waals surface area contributed by atoms with Crippen molar-refractivity contribution in [1.82, 2.24) is 9.55 Å². The van der Waals surface area contributed by atoms with Crippen LogP contribution in [0, 0.1) is 25.7 Å². The third kappa shape index (κ3) is 11.0. The molecule has 0 radical (unpaired) electrons. The number of ether oxygens (including phenoxy) is 1. The van der Waals surface area contributed by atoms with Crippen LogP contribution in [-0.2, 0) is 53.6 Å². The summed E-state index contributed by atoms with van der Waals surface area (Å²) in [6.45, 7) is 36.3. The first-order chi connectivity index (χ1) is 40.8. The van der Waals surface area contributed by atoms with E-state index in [4.69, 9.17) is 13.8 Å². The van der Waals surface area contributed by atoms with E-state index in [0.29, 0.717) is 22.9 Å². The largest absolute Gasteiger partial charge is 0.509 e. The predicted octanol–water partition coefficient (Wildman–Crippen LogP) is 21.8. The Labute approximate surface area is 526 Å². The predicted molar refractivity (Wildman–Crippen MR) is 355 cm³/mol. The molecule has 8 aromatic carbocycles. The van der Waals surface area contributed by atoms with Gasteiger partial charge in [0, 0.05) is 82.1 Å². The van der Waals surface area contributed by atoms with Crippen LogP contribution in [0.1, 0.15) is 167 Å². The van der Waals surface area contributed by atoms with Crippen molar-refractivity contribution < 1.29 is 29.9 Å². The maximum Gasteiger partial charge on any atom is 0.135 e. The van der Waals surface area contributed by atoms with E-state index in [1.807, 2.05) is 18.2 Å². The normalized spacial score (nSPS) is 15.7. The number of hydrogen-bond donors (Lipinski definition) is 0. The monoisotopic (exact) mass is 1300 g/mol. The van der Waals surface area contributed by atoms with Gasteiger partial charge in [0.25, 0.3) is 0 Å². The Bertz CT molecular complexity index is 4300. The fourth-order valence-corrected chi connectivity index (χ4v) is 12.7.